The van der Waals surface area contributed by atoms with Crippen molar-refractivity contribution >= 4 is 11.8 Å². The monoisotopic (exact) mass is 292 g/mol. The molecule has 0 aromatic heterocycles. The van der Waals surface area contributed by atoms with Gasteiger partial charge in [-0.1, -0.05) is 12.1 Å². The number of hydrogen-bond donors (Lipinski definition) is 1. The summed E-state index contributed by atoms with van der Waals surface area (Å²) in [6, 6.07) is 4.15. The Morgan fingerprint density at radius 1 is 1.29 bits per heavy atom. The van der Waals surface area contributed by atoms with Crippen LogP contribution in [0.1, 0.15) is 44.4 Å². The van der Waals surface area contributed by atoms with Crippen LogP contribution in [0.2, 0.25) is 0 Å². The molecule has 1 saturated heterocycles. The van der Waals surface area contributed by atoms with Gasteiger partial charge in [-0.2, -0.15) is 0 Å². The molecular weight excluding hydrogens is 271 g/mol. The van der Waals surface area contributed by atoms with E-state index in [1.165, 1.54) is 11.0 Å². The van der Waals surface area contributed by atoms with Gasteiger partial charge in [0.05, 0.1) is 12.5 Å². The molecule has 1 aliphatic heterocycles. The van der Waals surface area contributed by atoms with Gasteiger partial charge < -0.3 is 0 Å². The maximum Gasteiger partial charge on any atom is 0.247 e. The number of nitrogens with zero attached hydrogens (tertiary/aromatic N) is 1. The number of aryl methyl sites for hydroxylation is 1. The number of likely N-dealkylation sites (tertiary alicyclic amines) is 1. The van der Waals surface area contributed by atoms with Gasteiger partial charge in [0.25, 0.3) is 0 Å². The minimum atomic E-state index is -0.528. The third-order valence-corrected chi connectivity index (χ3v) is 3.85. The van der Waals surface area contributed by atoms with E-state index in [0.29, 0.717) is 5.56 Å². The zero-order valence-corrected chi connectivity index (χ0v) is 12.8. The second-order valence-electron chi connectivity index (χ2n) is 5.85. The quantitative estimate of drug-likeness (QED) is 0.866. The molecule has 1 aromatic carbocycles. The topological polar surface area (TPSA) is 49.4 Å². The lowest BCUT2D eigenvalue weighted by Crippen LogP contribution is -2.42. The molecule has 1 heterocycles. The highest BCUT2D eigenvalue weighted by Gasteiger charge is 2.40. The molecule has 1 aliphatic rings. The average molecular weight is 292 g/mol. The van der Waals surface area contributed by atoms with Gasteiger partial charge in [-0.3, -0.25) is 19.8 Å². The number of benzene rings is 1. The van der Waals surface area contributed by atoms with E-state index >= 15 is 0 Å². The average Bonchev–Trinajstić information content (AvgIpc) is 2.67. The molecule has 1 aromatic rings. The fraction of sp³-hybridized carbons (Fsp3) is 0.500. The van der Waals surface area contributed by atoms with E-state index in [9.17, 15) is 14.0 Å². The first-order valence-corrected chi connectivity index (χ1v) is 7.19. The van der Waals surface area contributed by atoms with Crippen LogP contribution in [-0.2, 0) is 9.59 Å². The molecule has 5 heteroatoms. The van der Waals surface area contributed by atoms with E-state index < -0.39 is 6.04 Å². The molecule has 4 nitrogen and oxygen atoms in total. The van der Waals surface area contributed by atoms with Crippen molar-refractivity contribution in [2.24, 2.45) is 0 Å². The summed E-state index contributed by atoms with van der Waals surface area (Å²) in [5.41, 5.74) is 1.35. The van der Waals surface area contributed by atoms with E-state index in [4.69, 9.17) is 0 Å². The Morgan fingerprint density at radius 2 is 1.95 bits per heavy atom. The lowest BCUT2D eigenvalue weighted by molar-refractivity contribution is -0.140. The second-order valence-corrected chi connectivity index (χ2v) is 5.85. The second kappa shape index (κ2) is 5.93. The summed E-state index contributed by atoms with van der Waals surface area (Å²) >= 11 is 0. The van der Waals surface area contributed by atoms with Gasteiger partial charge in [-0.25, -0.2) is 4.39 Å². The van der Waals surface area contributed by atoms with Gasteiger partial charge >= 0.3 is 0 Å². The van der Waals surface area contributed by atoms with Crippen LogP contribution in [0, 0.1) is 12.7 Å². The molecule has 0 bridgehead atoms. The van der Waals surface area contributed by atoms with Crippen molar-refractivity contribution in [2.75, 3.05) is 0 Å². The molecule has 2 amide bonds. The summed E-state index contributed by atoms with van der Waals surface area (Å²) in [5.74, 6) is -0.622. The van der Waals surface area contributed by atoms with Crippen LogP contribution in [-0.4, -0.2) is 28.8 Å². The minimum Gasteiger partial charge on any atom is -0.299 e. The molecule has 0 aliphatic carbocycles. The normalized spacial score (nSPS) is 20.5. The van der Waals surface area contributed by atoms with Crippen molar-refractivity contribution < 1.29 is 14.0 Å². The van der Waals surface area contributed by atoms with Crippen LogP contribution in [0.25, 0.3) is 0 Å². The zero-order chi connectivity index (χ0) is 15.7. The van der Waals surface area contributed by atoms with Crippen molar-refractivity contribution in [1.29, 1.82) is 0 Å². The molecule has 21 heavy (non-hydrogen) atoms. The maximum absolute atomic E-state index is 13.6. The first-order valence-electron chi connectivity index (χ1n) is 7.19. The largest absolute Gasteiger partial charge is 0.299 e. The van der Waals surface area contributed by atoms with E-state index in [2.05, 4.69) is 5.32 Å². The Hall–Kier alpha value is -1.75. The number of rotatable bonds is 4. The Bertz CT molecular complexity index is 571. The molecular formula is C16H21FN2O2. The van der Waals surface area contributed by atoms with Crippen molar-refractivity contribution in [3.8, 4) is 0 Å². The molecule has 1 fully saturated rings. The summed E-state index contributed by atoms with van der Waals surface area (Å²) in [5, 5.41) is 3.13. The number of hydrogen-bond acceptors (Lipinski definition) is 3. The minimum absolute atomic E-state index is 0.135. The van der Waals surface area contributed by atoms with Crippen molar-refractivity contribution in [2.45, 2.75) is 52.2 Å². The van der Waals surface area contributed by atoms with E-state index in [0.717, 1.165) is 5.56 Å². The third-order valence-electron chi connectivity index (χ3n) is 3.85. The smallest absolute Gasteiger partial charge is 0.247 e. The third kappa shape index (κ3) is 3.13. The van der Waals surface area contributed by atoms with Crippen LogP contribution < -0.4 is 5.32 Å². The highest BCUT2D eigenvalue weighted by Crippen LogP contribution is 2.21. The van der Waals surface area contributed by atoms with Crippen LogP contribution in [0.3, 0.4) is 0 Å². The van der Waals surface area contributed by atoms with Crippen LogP contribution in [0.4, 0.5) is 4.39 Å². The van der Waals surface area contributed by atoms with Gasteiger partial charge in [0.15, 0.2) is 0 Å². The number of nitrogens with one attached hydrogen (secondary N) is 1. The number of carbonyl (C=O) groups excluding carboxylic acids is 2. The highest BCUT2D eigenvalue weighted by atomic mass is 19.1. The molecule has 2 atom stereocenters. The summed E-state index contributed by atoms with van der Waals surface area (Å²) in [6.07, 6.45) is 0.162. The zero-order valence-electron chi connectivity index (χ0n) is 12.8. The standard InChI is InChI=1S/C16H21FN2O2/c1-9(2)19-15(20)8-14(16(19)21)18-11(4)12-6-5-10(3)13(17)7-12/h5-7,9,11,14,18H,8H2,1-4H3. The summed E-state index contributed by atoms with van der Waals surface area (Å²) < 4.78 is 13.6. The summed E-state index contributed by atoms with van der Waals surface area (Å²) in [4.78, 5) is 25.4. The van der Waals surface area contributed by atoms with Gasteiger partial charge in [0.2, 0.25) is 11.8 Å². The molecule has 2 rings (SSSR count). The Kier molecular flexibility index (Phi) is 4.42. The molecule has 0 spiro atoms. The van der Waals surface area contributed by atoms with Gasteiger partial charge in [0.1, 0.15) is 5.82 Å². The van der Waals surface area contributed by atoms with Crippen LogP contribution in [0.15, 0.2) is 18.2 Å². The van der Waals surface area contributed by atoms with Crippen LogP contribution in [0.5, 0.6) is 0 Å². The van der Waals surface area contributed by atoms with Gasteiger partial charge in [-0.15, -0.1) is 0 Å². The molecule has 114 valence electrons. The first-order chi connectivity index (χ1) is 9.81. The van der Waals surface area contributed by atoms with E-state index in [1.54, 1.807) is 13.0 Å². The lowest BCUT2D eigenvalue weighted by Gasteiger charge is -2.21. The number of imide groups is 1. The molecule has 1 N–H and O–H groups in total. The SMILES string of the molecule is Cc1ccc(C(C)NC2CC(=O)N(C(C)C)C2=O)cc1F. The Morgan fingerprint density at radius 3 is 2.48 bits per heavy atom. The van der Waals surface area contributed by atoms with Crippen molar-refractivity contribution in [3.05, 3.63) is 35.1 Å². The Balaban J connectivity index is 2.09. The molecule has 0 saturated carbocycles. The Labute approximate surface area is 124 Å². The fourth-order valence-corrected chi connectivity index (χ4v) is 2.60. The first kappa shape index (κ1) is 15.6. The number of amides is 2. The van der Waals surface area contributed by atoms with Crippen LogP contribution >= 0.6 is 0 Å². The predicted octanol–water partition coefficient (Wildman–Crippen LogP) is 2.32. The maximum atomic E-state index is 13.6. The predicted molar refractivity (Wildman–Crippen MR) is 78.1 cm³/mol. The van der Waals surface area contributed by atoms with E-state index in [1.807, 2.05) is 26.8 Å². The summed E-state index contributed by atoms with van der Waals surface area (Å²) in [7, 11) is 0. The van der Waals surface area contributed by atoms with Gasteiger partial charge in [-0.05, 0) is 44.9 Å². The van der Waals surface area contributed by atoms with Gasteiger partial charge in [0, 0.05) is 12.1 Å². The number of carbonyl (C=O) groups is 2. The lowest BCUT2D eigenvalue weighted by atomic mass is 10.0. The fourth-order valence-electron chi connectivity index (χ4n) is 2.60. The van der Waals surface area contributed by atoms with Crippen molar-refractivity contribution in [3.63, 3.8) is 0 Å². The number of halogens is 1. The van der Waals surface area contributed by atoms with Crippen molar-refractivity contribution in [1.82, 2.24) is 10.2 Å². The molecule has 2 unspecified atom stereocenters. The van der Waals surface area contributed by atoms with E-state index in [-0.39, 0.29) is 36.1 Å². The molecule has 0 radical (unpaired) electrons. The highest BCUT2D eigenvalue weighted by molar-refractivity contribution is 6.05. The summed E-state index contributed by atoms with van der Waals surface area (Å²) in [6.45, 7) is 7.20.